The Labute approximate surface area is 313 Å². The van der Waals surface area contributed by atoms with Crippen LogP contribution in [0.1, 0.15) is 69.4 Å². The topological polar surface area (TPSA) is 180 Å². The summed E-state index contributed by atoms with van der Waals surface area (Å²) in [6.45, 7) is 8.58. The summed E-state index contributed by atoms with van der Waals surface area (Å²) in [4.78, 5) is 57.8. The number of benzene rings is 2. The summed E-state index contributed by atoms with van der Waals surface area (Å²) in [6, 6.07) is 21.3. The van der Waals surface area contributed by atoms with Crippen LogP contribution in [-0.2, 0) is 27.8 Å². The first-order valence-electron chi connectivity index (χ1n) is 17.9. The molecule has 14 nitrogen and oxygen atoms in total. The van der Waals surface area contributed by atoms with Gasteiger partial charge in [0.2, 0.25) is 17.7 Å². The van der Waals surface area contributed by atoms with Gasteiger partial charge in [-0.2, -0.15) is 5.10 Å². The van der Waals surface area contributed by atoms with Crippen molar-refractivity contribution < 1.29 is 28.3 Å². The van der Waals surface area contributed by atoms with Crippen LogP contribution in [-0.4, -0.2) is 68.4 Å². The van der Waals surface area contributed by atoms with E-state index >= 15 is 0 Å². The minimum absolute atomic E-state index is 0.0574. The Morgan fingerprint density at radius 2 is 1.69 bits per heavy atom. The summed E-state index contributed by atoms with van der Waals surface area (Å²) in [5.74, 6) is -0.0290. The molecule has 0 saturated carbocycles. The predicted octanol–water partition coefficient (Wildman–Crippen LogP) is 5.22. The molecule has 0 unspecified atom stereocenters. The molecule has 3 N–H and O–H groups in total. The van der Waals surface area contributed by atoms with Crippen LogP contribution in [0.25, 0.3) is 22.7 Å². The number of nitrogens with one attached hydrogen (secondary N) is 3. The van der Waals surface area contributed by atoms with E-state index in [4.69, 9.17) is 13.9 Å². The SMILES string of the molecule is Cn1nc(-c2nc3cc(NC(=O)c4ccc(OC(C)(C)CCOC(C)(C)CCNC(=O)CNC(=O)CCCc5ccccc5)cn4)ccc3o2)ccc1=O. The number of hydrogen-bond acceptors (Lipinski definition) is 10. The van der Waals surface area contributed by atoms with E-state index in [0.29, 0.717) is 60.6 Å². The highest BCUT2D eigenvalue weighted by Gasteiger charge is 2.24. The maximum atomic E-state index is 13.0. The summed E-state index contributed by atoms with van der Waals surface area (Å²) in [5, 5.41) is 12.5. The Morgan fingerprint density at radius 3 is 2.43 bits per heavy atom. The molecule has 3 aromatic heterocycles. The van der Waals surface area contributed by atoms with Gasteiger partial charge in [0.25, 0.3) is 11.5 Å². The molecule has 0 aliphatic heterocycles. The van der Waals surface area contributed by atoms with Crippen LogP contribution >= 0.6 is 0 Å². The monoisotopic (exact) mass is 737 g/mol. The van der Waals surface area contributed by atoms with Gasteiger partial charge >= 0.3 is 0 Å². The van der Waals surface area contributed by atoms with E-state index in [1.165, 1.54) is 22.5 Å². The lowest BCUT2D eigenvalue weighted by molar-refractivity contribution is -0.126. The van der Waals surface area contributed by atoms with E-state index in [2.05, 4.69) is 31.0 Å². The maximum absolute atomic E-state index is 13.0. The second kappa shape index (κ2) is 17.8. The zero-order valence-electron chi connectivity index (χ0n) is 31.3. The molecule has 0 aliphatic carbocycles. The molecule has 0 bridgehead atoms. The molecule has 3 heterocycles. The molecule has 0 aliphatic rings. The van der Waals surface area contributed by atoms with Gasteiger partial charge in [-0.15, -0.1) is 0 Å². The van der Waals surface area contributed by atoms with Crippen molar-refractivity contribution in [1.82, 2.24) is 30.4 Å². The van der Waals surface area contributed by atoms with Gasteiger partial charge in [0, 0.05) is 38.2 Å². The summed E-state index contributed by atoms with van der Waals surface area (Å²) < 4.78 is 19.3. The number of amides is 3. The molecular formula is C40H47N7O7. The molecule has 2 aromatic carbocycles. The van der Waals surface area contributed by atoms with Crippen LogP contribution in [0.3, 0.4) is 0 Å². The molecule has 0 atom stereocenters. The zero-order valence-corrected chi connectivity index (χ0v) is 31.3. The second-order valence-corrected chi connectivity index (χ2v) is 14.2. The lowest BCUT2D eigenvalue weighted by Gasteiger charge is -2.30. The van der Waals surface area contributed by atoms with Gasteiger partial charge in [-0.3, -0.25) is 19.2 Å². The number of oxazole rings is 1. The van der Waals surface area contributed by atoms with E-state index < -0.39 is 17.1 Å². The summed E-state index contributed by atoms with van der Waals surface area (Å²) in [6.07, 6.45) is 4.57. The predicted molar refractivity (Wildman–Crippen MR) is 204 cm³/mol. The van der Waals surface area contributed by atoms with Crippen molar-refractivity contribution >= 4 is 34.5 Å². The number of anilines is 1. The van der Waals surface area contributed by atoms with E-state index in [0.717, 1.165) is 12.8 Å². The third kappa shape index (κ3) is 11.8. The summed E-state index contributed by atoms with van der Waals surface area (Å²) in [5.41, 5.74) is 1.98. The number of hydrogen-bond donors (Lipinski definition) is 3. The number of rotatable bonds is 18. The van der Waals surface area contributed by atoms with Gasteiger partial charge in [0.05, 0.1) is 24.9 Å². The van der Waals surface area contributed by atoms with Crippen LogP contribution < -0.4 is 26.2 Å². The molecule has 3 amide bonds. The minimum atomic E-state index is -0.592. The Bertz CT molecular complexity index is 2110. The van der Waals surface area contributed by atoms with Crippen molar-refractivity contribution in [2.45, 2.75) is 71.0 Å². The van der Waals surface area contributed by atoms with Gasteiger partial charge in [0.15, 0.2) is 5.58 Å². The highest BCUT2D eigenvalue weighted by atomic mass is 16.5. The van der Waals surface area contributed by atoms with E-state index in [-0.39, 0.29) is 35.5 Å². The van der Waals surface area contributed by atoms with Crippen LogP contribution in [0.5, 0.6) is 5.75 Å². The van der Waals surface area contributed by atoms with Crippen molar-refractivity contribution in [1.29, 1.82) is 0 Å². The Kier molecular flexibility index (Phi) is 12.9. The van der Waals surface area contributed by atoms with Crippen molar-refractivity contribution in [2.24, 2.45) is 7.05 Å². The van der Waals surface area contributed by atoms with Crippen molar-refractivity contribution in [3.63, 3.8) is 0 Å². The van der Waals surface area contributed by atoms with Gasteiger partial charge in [-0.05, 0) is 88.9 Å². The highest BCUT2D eigenvalue weighted by Crippen LogP contribution is 2.26. The molecule has 5 aromatic rings. The first kappa shape index (κ1) is 39.3. The standard InChI is InChI=1S/C40H47N7O7/c1-39(2,20-22-41-35(49)26-43-34(48)13-9-12-27-10-7-6-8-11-27)52-23-21-40(3,4)54-29-15-16-30(42-25-29)37(51)44-28-14-18-33-32(24-28)45-38(53-33)31-17-19-36(50)47(5)46-31/h6-8,10-11,14-19,24-25H,9,12-13,20-23,26H2,1-5H3,(H,41,49)(H,43,48)(H,44,51). The average Bonchev–Trinajstić information content (AvgIpc) is 3.56. The van der Waals surface area contributed by atoms with Gasteiger partial charge in [0.1, 0.15) is 28.3 Å². The number of carbonyl (C=O) groups is 3. The molecule has 0 fully saturated rings. The van der Waals surface area contributed by atoms with Crippen molar-refractivity contribution in [2.75, 3.05) is 25.0 Å². The number of ether oxygens (including phenoxy) is 2. The maximum Gasteiger partial charge on any atom is 0.274 e. The first-order valence-corrected chi connectivity index (χ1v) is 17.9. The summed E-state index contributed by atoms with van der Waals surface area (Å²) in [7, 11) is 1.55. The molecule has 5 rings (SSSR count). The first-order chi connectivity index (χ1) is 25.7. The quantitative estimate of drug-likeness (QED) is 0.108. The molecular weight excluding hydrogens is 690 g/mol. The number of carbonyl (C=O) groups excluding carboxylic acids is 3. The fourth-order valence-electron chi connectivity index (χ4n) is 5.45. The average molecular weight is 738 g/mol. The number of aromatic nitrogens is 4. The van der Waals surface area contributed by atoms with Gasteiger partial charge in [-0.25, -0.2) is 14.6 Å². The minimum Gasteiger partial charge on any atom is -0.486 e. The molecule has 0 saturated heterocycles. The van der Waals surface area contributed by atoms with Crippen LogP contribution in [0.4, 0.5) is 5.69 Å². The number of aryl methyl sites for hydroxylation is 2. The van der Waals surface area contributed by atoms with E-state index in [9.17, 15) is 19.2 Å². The third-order valence-electron chi connectivity index (χ3n) is 8.59. The second-order valence-electron chi connectivity index (χ2n) is 14.2. The third-order valence-corrected chi connectivity index (χ3v) is 8.59. The molecule has 14 heteroatoms. The molecule has 54 heavy (non-hydrogen) atoms. The highest BCUT2D eigenvalue weighted by molar-refractivity contribution is 6.03. The molecule has 284 valence electrons. The van der Waals surface area contributed by atoms with Gasteiger partial charge < -0.3 is 29.8 Å². The van der Waals surface area contributed by atoms with E-state index in [1.54, 1.807) is 43.4 Å². The Balaban J connectivity index is 0.997. The van der Waals surface area contributed by atoms with Crippen LogP contribution in [0.2, 0.25) is 0 Å². The summed E-state index contributed by atoms with van der Waals surface area (Å²) >= 11 is 0. The molecule has 0 radical (unpaired) electrons. The van der Waals surface area contributed by atoms with Gasteiger partial charge in [-0.1, -0.05) is 30.3 Å². The zero-order chi connectivity index (χ0) is 38.7. The van der Waals surface area contributed by atoms with Crippen LogP contribution in [0.15, 0.2) is 88.2 Å². The number of pyridine rings is 1. The normalized spacial score (nSPS) is 11.6. The lowest BCUT2D eigenvalue weighted by atomic mass is 10.0. The van der Waals surface area contributed by atoms with E-state index in [1.807, 2.05) is 58.0 Å². The van der Waals surface area contributed by atoms with Crippen LogP contribution in [0, 0.1) is 0 Å². The number of fused-ring (bicyclic) bond motifs is 1. The Hall–Kier alpha value is -5.89. The smallest absolute Gasteiger partial charge is 0.274 e. The lowest BCUT2D eigenvalue weighted by Crippen LogP contribution is -2.39. The largest absolute Gasteiger partial charge is 0.486 e. The fourth-order valence-corrected chi connectivity index (χ4v) is 5.45. The molecule has 0 spiro atoms. The van der Waals surface area contributed by atoms with Crippen molar-refractivity contribution in [3.8, 4) is 17.3 Å². The Morgan fingerprint density at radius 1 is 0.889 bits per heavy atom. The van der Waals surface area contributed by atoms with Crippen molar-refractivity contribution in [3.05, 3.63) is 101 Å². The number of nitrogens with zero attached hydrogens (tertiary/aromatic N) is 4. The fraction of sp³-hybridized carbons (Fsp3) is 0.375.